The zero-order valence-electron chi connectivity index (χ0n) is 14.2. The summed E-state index contributed by atoms with van der Waals surface area (Å²) in [4.78, 5) is 25.1. The van der Waals surface area contributed by atoms with E-state index in [0.29, 0.717) is 23.7 Å². The second kappa shape index (κ2) is 6.03. The average Bonchev–Trinajstić information content (AvgIpc) is 3.29. The van der Waals surface area contributed by atoms with Crippen molar-refractivity contribution in [2.45, 2.75) is 13.5 Å². The molecule has 0 aliphatic carbocycles. The molecule has 0 unspecified atom stereocenters. The third-order valence-electron chi connectivity index (χ3n) is 4.29. The Hall–Kier alpha value is -3.62. The standard InChI is InChI=1S/C17H18N8O/c1-2-24(17(19)26)9-13-22-14-11-5-4-10(25-7-3-6-20-25)8-12(11)21-16(18)15(14)23-13/h3-8H,2,9H2,1H3,(H2,18,21)(H2,19,26)(H,22,23). The molecule has 1 aromatic carbocycles. The van der Waals surface area contributed by atoms with Crippen molar-refractivity contribution in [2.24, 2.45) is 5.73 Å². The number of H-pyrrole nitrogens is 1. The summed E-state index contributed by atoms with van der Waals surface area (Å²) in [6.07, 6.45) is 3.58. The van der Waals surface area contributed by atoms with Crippen molar-refractivity contribution < 1.29 is 4.79 Å². The van der Waals surface area contributed by atoms with Gasteiger partial charge in [-0.15, -0.1) is 0 Å². The Bertz CT molecular complexity index is 1100. The van der Waals surface area contributed by atoms with E-state index in [2.05, 4.69) is 20.1 Å². The van der Waals surface area contributed by atoms with Crippen LogP contribution in [0.2, 0.25) is 0 Å². The van der Waals surface area contributed by atoms with E-state index in [9.17, 15) is 4.79 Å². The Morgan fingerprint density at radius 3 is 2.88 bits per heavy atom. The van der Waals surface area contributed by atoms with Crippen molar-refractivity contribution in [2.75, 3.05) is 12.3 Å². The number of nitrogens with one attached hydrogen (secondary N) is 1. The van der Waals surface area contributed by atoms with Crippen molar-refractivity contribution in [3.05, 3.63) is 42.5 Å². The molecule has 0 bridgehead atoms. The molecule has 0 saturated heterocycles. The number of carbonyl (C=O) groups is 1. The van der Waals surface area contributed by atoms with E-state index in [4.69, 9.17) is 11.5 Å². The molecule has 0 spiro atoms. The molecular weight excluding hydrogens is 332 g/mol. The number of primary amides is 1. The van der Waals surface area contributed by atoms with Crippen LogP contribution in [0.1, 0.15) is 12.7 Å². The SMILES string of the molecule is CCN(Cc1nc2c(N)nc3cc(-n4cccn4)ccc3c2[nH]1)C(N)=O. The van der Waals surface area contributed by atoms with Gasteiger partial charge in [-0.2, -0.15) is 5.10 Å². The van der Waals surface area contributed by atoms with Crippen LogP contribution >= 0.6 is 0 Å². The zero-order valence-corrected chi connectivity index (χ0v) is 14.2. The number of anilines is 1. The number of nitrogen functional groups attached to an aromatic ring is 1. The molecule has 0 aliphatic rings. The summed E-state index contributed by atoms with van der Waals surface area (Å²) in [6.45, 7) is 2.64. The molecule has 0 radical (unpaired) electrons. The fourth-order valence-electron chi connectivity index (χ4n) is 2.97. The minimum absolute atomic E-state index is 0.285. The van der Waals surface area contributed by atoms with Crippen LogP contribution in [0.25, 0.3) is 27.6 Å². The van der Waals surface area contributed by atoms with E-state index < -0.39 is 6.03 Å². The monoisotopic (exact) mass is 350 g/mol. The molecule has 9 nitrogen and oxygen atoms in total. The molecule has 3 aromatic heterocycles. The first-order chi connectivity index (χ1) is 12.6. The largest absolute Gasteiger partial charge is 0.382 e. The predicted molar refractivity (Wildman–Crippen MR) is 98.6 cm³/mol. The highest BCUT2D eigenvalue weighted by atomic mass is 16.2. The van der Waals surface area contributed by atoms with Gasteiger partial charge >= 0.3 is 6.03 Å². The summed E-state index contributed by atoms with van der Waals surface area (Å²) in [6, 6.07) is 7.19. The van der Waals surface area contributed by atoms with Gasteiger partial charge in [0, 0.05) is 24.3 Å². The summed E-state index contributed by atoms with van der Waals surface area (Å²) in [5.41, 5.74) is 14.5. The van der Waals surface area contributed by atoms with Crippen molar-refractivity contribution in [1.82, 2.24) is 29.6 Å². The topological polar surface area (TPSA) is 132 Å². The number of aromatic amines is 1. The number of hydrogen-bond acceptors (Lipinski definition) is 5. The summed E-state index contributed by atoms with van der Waals surface area (Å²) in [7, 11) is 0. The molecule has 4 aromatic rings. The number of hydrogen-bond donors (Lipinski definition) is 3. The lowest BCUT2D eigenvalue weighted by molar-refractivity contribution is 0.207. The maximum absolute atomic E-state index is 11.4. The van der Waals surface area contributed by atoms with E-state index in [0.717, 1.165) is 22.1 Å². The van der Waals surface area contributed by atoms with Gasteiger partial charge < -0.3 is 21.4 Å². The minimum Gasteiger partial charge on any atom is -0.382 e. The number of pyridine rings is 1. The number of nitrogens with two attached hydrogens (primary N) is 2. The molecule has 132 valence electrons. The Balaban J connectivity index is 1.83. The molecule has 2 amide bonds. The first-order valence-corrected chi connectivity index (χ1v) is 8.19. The average molecular weight is 350 g/mol. The molecule has 4 rings (SSSR count). The molecule has 5 N–H and O–H groups in total. The van der Waals surface area contributed by atoms with Gasteiger partial charge in [-0.3, -0.25) is 0 Å². The minimum atomic E-state index is -0.493. The Morgan fingerprint density at radius 1 is 1.35 bits per heavy atom. The number of benzene rings is 1. The lowest BCUT2D eigenvalue weighted by atomic mass is 10.1. The first kappa shape index (κ1) is 15.9. The van der Waals surface area contributed by atoms with Crippen molar-refractivity contribution in [1.29, 1.82) is 0 Å². The van der Waals surface area contributed by atoms with Crippen molar-refractivity contribution in [3.8, 4) is 5.69 Å². The van der Waals surface area contributed by atoms with Crippen LogP contribution in [0.4, 0.5) is 10.6 Å². The van der Waals surface area contributed by atoms with Gasteiger partial charge in [-0.05, 0) is 31.2 Å². The highest BCUT2D eigenvalue weighted by Crippen LogP contribution is 2.27. The van der Waals surface area contributed by atoms with Gasteiger partial charge in [0.05, 0.1) is 23.3 Å². The fraction of sp³-hybridized carbons (Fsp3) is 0.176. The fourth-order valence-corrected chi connectivity index (χ4v) is 2.97. The van der Waals surface area contributed by atoms with Crippen LogP contribution in [0.5, 0.6) is 0 Å². The van der Waals surface area contributed by atoms with E-state index in [1.54, 1.807) is 10.9 Å². The van der Waals surface area contributed by atoms with Crippen LogP contribution < -0.4 is 11.5 Å². The number of imidazole rings is 1. The number of rotatable bonds is 4. The number of amides is 2. The normalized spacial score (nSPS) is 11.3. The molecular formula is C17H18N8O. The molecule has 0 saturated carbocycles. The van der Waals surface area contributed by atoms with E-state index in [1.807, 2.05) is 37.4 Å². The summed E-state index contributed by atoms with van der Waals surface area (Å²) in [5, 5.41) is 5.12. The number of urea groups is 1. The van der Waals surface area contributed by atoms with Crippen LogP contribution in [0, 0.1) is 0 Å². The van der Waals surface area contributed by atoms with Gasteiger partial charge in [0.25, 0.3) is 0 Å². The molecule has 9 heteroatoms. The first-order valence-electron chi connectivity index (χ1n) is 8.19. The number of carbonyl (C=O) groups excluding carboxylic acids is 1. The molecule has 0 atom stereocenters. The molecule has 3 heterocycles. The van der Waals surface area contributed by atoms with Gasteiger partial charge in [-0.1, -0.05) is 0 Å². The van der Waals surface area contributed by atoms with E-state index >= 15 is 0 Å². The quantitative estimate of drug-likeness (QED) is 0.516. The molecule has 0 fully saturated rings. The maximum Gasteiger partial charge on any atom is 0.315 e. The van der Waals surface area contributed by atoms with E-state index in [1.165, 1.54) is 4.90 Å². The third-order valence-corrected chi connectivity index (χ3v) is 4.29. The second-order valence-corrected chi connectivity index (χ2v) is 5.91. The molecule has 0 aliphatic heterocycles. The zero-order chi connectivity index (χ0) is 18.3. The Labute approximate surface area is 148 Å². The smallest absolute Gasteiger partial charge is 0.315 e. The summed E-state index contributed by atoms with van der Waals surface area (Å²) < 4.78 is 1.76. The highest BCUT2D eigenvalue weighted by Gasteiger charge is 2.15. The van der Waals surface area contributed by atoms with Crippen LogP contribution in [0.15, 0.2) is 36.7 Å². The van der Waals surface area contributed by atoms with Crippen LogP contribution in [-0.2, 0) is 6.54 Å². The van der Waals surface area contributed by atoms with Crippen LogP contribution in [0.3, 0.4) is 0 Å². The van der Waals surface area contributed by atoms with Crippen LogP contribution in [-0.4, -0.2) is 42.2 Å². The maximum atomic E-state index is 11.4. The number of fused-ring (bicyclic) bond motifs is 3. The van der Waals surface area contributed by atoms with Gasteiger partial charge in [0.15, 0.2) is 5.82 Å². The van der Waals surface area contributed by atoms with E-state index in [-0.39, 0.29) is 6.54 Å². The van der Waals surface area contributed by atoms with Crippen molar-refractivity contribution in [3.63, 3.8) is 0 Å². The predicted octanol–water partition coefficient (Wildman–Crippen LogP) is 1.78. The Kier molecular flexibility index (Phi) is 3.68. The highest BCUT2D eigenvalue weighted by molar-refractivity contribution is 6.06. The Morgan fingerprint density at radius 2 is 2.19 bits per heavy atom. The van der Waals surface area contributed by atoms with Gasteiger partial charge in [-0.25, -0.2) is 19.4 Å². The lowest BCUT2D eigenvalue weighted by Gasteiger charge is -2.15. The van der Waals surface area contributed by atoms with Gasteiger partial charge in [0.2, 0.25) is 0 Å². The second-order valence-electron chi connectivity index (χ2n) is 5.91. The lowest BCUT2D eigenvalue weighted by Crippen LogP contribution is -2.35. The molecule has 26 heavy (non-hydrogen) atoms. The number of aromatic nitrogens is 5. The third kappa shape index (κ3) is 2.59. The summed E-state index contributed by atoms with van der Waals surface area (Å²) in [5.74, 6) is 0.938. The number of nitrogens with zero attached hydrogens (tertiary/aromatic N) is 5. The van der Waals surface area contributed by atoms with Gasteiger partial charge in [0.1, 0.15) is 11.3 Å². The van der Waals surface area contributed by atoms with Crippen molar-refractivity contribution >= 4 is 33.8 Å². The summed E-state index contributed by atoms with van der Waals surface area (Å²) >= 11 is 0.